The van der Waals surface area contributed by atoms with Crippen LogP contribution in [0.5, 0.6) is 5.75 Å². The Morgan fingerprint density at radius 2 is 2.04 bits per heavy atom. The summed E-state index contributed by atoms with van der Waals surface area (Å²) < 4.78 is 34.4. The lowest BCUT2D eigenvalue weighted by molar-refractivity contribution is -0.0498. The van der Waals surface area contributed by atoms with Crippen molar-refractivity contribution >= 4 is 23.0 Å². The zero-order valence-corrected chi connectivity index (χ0v) is 15.3. The summed E-state index contributed by atoms with van der Waals surface area (Å²) in [6, 6.07) is 10.3. The number of hydrogen-bond donors (Lipinski definition) is 1. The van der Waals surface area contributed by atoms with Crippen molar-refractivity contribution in [3.8, 4) is 16.5 Å². The Balaban J connectivity index is 1.83. The molecule has 27 heavy (non-hydrogen) atoms. The maximum Gasteiger partial charge on any atom is 0.387 e. The molecule has 2 N–H and O–H groups in total. The molecule has 0 unspecified atom stereocenters. The quantitative estimate of drug-likeness (QED) is 0.516. The first-order valence-corrected chi connectivity index (χ1v) is 9.37. The third-order valence-electron chi connectivity index (χ3n) is 3.79. The predicted octanol–water partition coefficient (Wildman–Crippen LogP) is 5.07. The maximum absolute atomic E-state index is 12.3. The van der Waals surface area contributed by atoms with Gasteiger partial charge in [-0.05, 0) is 61.0 Å². The molecule has 5 nitrogen and oxygen atoms in total. The predicted molar refractivity (Wildman–Crippen MR) is 101 cm³/mol. The van der Waals surface area contributed by atoms with E-state index in [2.05, 4.69) is 14.9 Å². The molecule has 0 spiro atoms. The molecule has 0 aliphatic heterocycles. The number of alkyl halides is 2. The van der Waals surface area contributed by atoms with E-state index in [4.69, 9.17) is 10.3 Å². The molecule has 0 bridgehead atoms. The van der Waals surface area contributed by atoms with Gasteiger partial charge in [0.25, 0.3) is 5.89 Å². The SMILES string of the molecule is NCCCC/C(=C\c1ccc(OC(F)F)cc1)c1nc(-c2cccs2)no1. The summed E-state index contributed by atoms with van der Waals surface area (Å²) in [7, 11) is 0. The Labute approximate surface area is 159 Å². The fourth-order valence-corrected chi connectivity index (χ4v) is 3.16. The molecule has 1 aromatic carbocycles. The number of unbranched alkanes of at least 4 members (excludes halogenated alkanes) is 1. The third-order valence-corrected chi connectivity index (χ3v) is 4.65. The van der Waals surface area contributed by atoms with E-state index >= 15 is 0 Å². The van der Waals surface area contributed by atoms with Crippen LogP contribution in [0.3, 0.4) is 0 Å². The van der Waals surface area contributed by atoms with E-state index in [1.54, 1.807) is 12.1 Å². The van der Waals surface area contributed by atoms with Crippen molar-refractivity contribution in [1.82, 2.24) is 10.1 Å². The van der Waals surface area contributed by atoms with Crippen LogP contribution in [0.25, 0.3) is 22.4 Å². The molecule has 0 atom stereocenters. The number of ether oxygens (including phenoxy) is 1. The van der Waals surface area contributed by atoms with Gasteiger partial charge in [0.1, 0.15) is 5.75 Å². The molecule has 0 fully saturated rings. The van der Waals surface area contributed by atoms with E-state index in [1.807, 2.05) is 23.6 Å². The Morgan fingerprint density at radius 1 is 1.22 bits per heavy atom. The van der Waals surface area contributed by atoms with Gasteiger partial charge in [-0.25, -0.2) is 0 Å². The van der Waals surface area contributed by atoms with Crippen LogP contribution in [0.2, 0.25) is 0 Å². The minimum Gasteiger partial charge on any atom is -0.435 e. The average molecular weight is 391 g/mol. The van der Waals surface area contributed by atoms with Crippen LogP contribution in [0, 0.1) is 0 Å². The molecular weight excluding hydrogens is 372 g/mol. The van der Waals surface area contributed by atoms with Crippen LogP contribution in [-0.2, 0) is 0 Å². The number of thiophene rings is 1. The lowest BCUT2D eigenvalue weighted by Gasteiger charge is -2.05. The lowest BCUT2D eigenvalue weighted by Crippen LogP contribution is -2.01. The molecule has 0 saturated carbocycles. The molecule has 0 radical (unpaired) electrons. The van der Waals surface area contributed by atoms with E-state index in [1.165, 1.54) is 23.5 Å². The second-order valence-corrected chi connectivity index (χ2v) is 6.71. The van der Waals surface area contributed by atoms with Crippen molar-refractivity contribution in [1.29, 1.82) is 0 Å². The van der Waals surface area contributed by atoms with E-state index in [0.29, 0.717) is 18.3 Å². The number of hydrogen-bond acceptors (Lipinski definition) is 6. The van der Waals surface area contributed by atoms with Crippen molar-refractivity contribution in [2.75, 3.05) is 6.54 Å². The normalized spacial score (nSPS) is 11.9. The highest BCUT2D eigenvalue weighted by Gasteiger charge is 2.14. The van der Waals surface area contributed by atoms with Gasteiger partial charge in [0, 0.05) is 5.57 Å². The molecule has 3 rings (SSSR count). The second kappa shape index (κ2) is 9.38. The standard InChI is InChI=1S/C19H19F2N3O2S/c20-19(21)25-15-8-6-13(7-9-15)12-14(4-1-2-10-22)18-23-17(24-26-18)16-5-3-11-27-16/h3,5-9,11-12,19H,1-2,4,10,22H2/b14-12+. The summed E-state index contributed by atoms with van der Waals surface area (Å²) in [5.74, 6) is 1.11. The molecule has 0 saturated heterocycles. The Hall–Kier alpha value is -2.58. The highest BCUT2D eigenvalue weighted by molar-refractivity contribution is 7.13. The first kappa shape index (κ1) is 19.2. The number of nitrogens with two attached hydrogens (primary N) is 1. The molecule has 3 aromatic rings. The van der Waals surface area contributed by atoms with E-state index in [0.717, 1.165) is 35.3 Å². The van der Waals surface area contributed by atoms with Crippen LogP contribution in [0.4, 0.5) is 8.78 Å². The number of nitrogens with zero attached hydrogens (tertiary/aromatic N) is 2. The van der Waals surface area contributed by atoms with Gasteiger partial charge in [-0.3, -0.25) is 0 Å². The van der Waals surface area contributed by atoms with Gasteiger partial charge in [-0.2, -0.15) is 13.8 Å². The second-order valence-electron chi connectivity index (χ2n) is 5.76. The van der Waals surface area contributed by atoms with Gasteiger partial charge in [-0.15, -0.1) is 11.3 Å². The Morgan fingerprint density at radius 3 is 2.70 bits per heavy atom. The summed E-state index contributed by atoms with van der Waals surface area (Å²) >= 11 is 1.54. The van der Waals surface area contributed by atoms with Crippen LogP contribution in [-0.4, -0.2) is 23.3 Å². The molecule has 8 heteroatoms. The zero-order valence-electron chi connectivity index (χ0n) is 14.5. The molecule has 142 valence electrons. The Kier molecular flexibility index (Phi) is 6.67. The van der Waals surface area contributed by atoms with Crippen molar-refractivity contribution in [2.24, 2.45) is 5.73 Å². The summed E-state index contributed by atoms with van der Waals surface area (Å²) in [6.45, 7) is -2.23. The van der Waals surface area contributed by atoms with Crippen molar-refractivity contribution < 1.29 is 18.0 Å². The highest BCUT2D eigenvalue weighted by atomic mass is 32.1. The Bertz CT molecular complexity index is 861. The fraction of sp³-hybridized carbons (Fsp3) is 0.263. The average Bonchev–Trinajstić information content (AvgIpc) is 3.33. The minimum atomic E-state index is -2.84. The van der Waals surface area contributed by atoms with E-state index in [9.17, 15) is 8.78 Å². The molecular formula is C19H19F2N3O2S. The number of benzene rings is 1. The molecule has 0 aliphatic carbocycles. The number of rotatable bonds is 9. The summed E-state index contributed by atoms with van der Waals surface area (Å²) in [5.41, 5.74) is 7.29. The van der Waals surface area contributed by atoms with E-state index in [-0.39, 0.29) is 5.75 Å². The monoisotopic (exact) mass is 391 g/mol. The minimum absolute atomic E-state index is 0.115. The van der Waals surface area contributed by atoms with Gasteiger partial charge < -0.3 is 15.0 Å². The summed E-state index contributed by atoms with van der Waals surface area (Å²) in [4.78, 5) is 5.42. The first-order valence-electron chi connectivity index (χ1n) is 8.49. The first-order chi connectivity index (χ1) is 13.2. The molecule has 0 amide bonds. The fourth-order valence-electron chi connectivity index (χ4n) is 2.51. The van der Waals surface area contributed by atoms with Crippen LogP contribution >= 0.6 is 11.3 Å². The topological polar surface area (TPSA) is 74.2 Å². The van der Waals surface area contributed by atoms with Crippen LogP contribution in [0.15, 0.2) is 46.3 Å². The summed E-state index contributed by atoms with van der Waals surface area (Å²) in [6.07, 6.45) is 4.39. The van der Waals surface area contributed by atoms with Crippen LogP contribution < -0.4 is 10.5 Å². The van der Waals surface area contributed by atoms with Crippen molar-refractivity contribution in [2.45, 2.75) is 25.9 Å². The van der Waals surface area contributed by atoms with Crippen LogP contribution in [0.1, 0.15) is 30.7 Å². The van der Waals surface area contributed by atoms with E-state index < -0.39 is 6.61 Å². The number of allylic oxidation sites excluding steroid dienone is 1. The smallest absolute Gasteiger partial charge is 0.387 e. The number of halogens is 2. The van der Waals surface area contributed by atoms with Crippen molar-refractivity contribution in [3.05, 3.63) is 53.2 Å². The van der Waals surface area contributed by atoms with Gasteiger partial charge >= 0.3 is 6.61 Å². The maximum atomic E-state index is 12.3. The van der Waals surface area contributed by atoms with Gasteiger partial charge in [0.15, 0.2) is 0 Å². The highest BCUT2D eigenvalue weighted by Crippen LogP contribution is 2.27. The zero-order chi connectivity index (χ0) is 19.1. The van der Waals surface area contributed by atoms with Gasteiger partial charge in [0.2, 0.25) is 5.82 Å². The summed E-state index contributed by atoms with van der Waals surface area (Å²) in [5, 5.41) is 6.00. The van der Waals surface area contributed by atoms with Gasteiger partial charge in [-0.1, -0.05) is 23.4 Å². The molecule has 2 heterocycles. The largest absolute Gasteiger partial charge is 0.435 e. The molecule has 2 aromatic heterocycles. The lowest BCUT2D eigenvalue weighted by atomic mass is 10.0. The number of aromatic nitrogens is 2. The molecule has 0 aliphatic rings. The van der Waals surface area contributed by atoms with Crippen molar-refractivity contribution in [3.63, 3.8) is 0 Å². The third kappa shape index (κ3) is 5.45. The van der Waals surface area contributed by atoms with Gasteiger partial charge in [0.05, 0.1) is 4.88 Å².